The van der Waals surface area contributed by atoms with Gasteiger partial charge in [-0.3, -0.25) is 9.78 Å². The highest BCUT2D eigenvalue weighted by Gasteiger charge is 2.11. The van der Waals surface area contributed by atoms with Crippen LogP contribution in [0.5, 0.6) is 0 Å². The summed E-state index contributed by atoms with van der Waals surface area (Å²) in [5, 5.41) is 11.5. The maximum Gasteiger partial charge on any atom is 0.257 e. The fourth-order valence-corrected chi connectivity index (χ4v) is 2.86. The predicted molar refractivity (Wildman–Crippen MR) is 105 cm³/mol. The van der Waals surface area contributed by atoms with Crippen LogP contribution in [0.1, 0.15) is 21.6 Å². The van der Waals surface area contributed by atoms with Crippen LogP contribution in [0.4, 0.5) is 5.69 Å². The van der Waals surface area contributed by atoms with Crippen LogP contribution >= 0.6 is 0 Å². The third-order valence-corrected chi connectivity index (χ3v) is 4.27. The molecule has 4 aromatic rings. The minimum absolute atomic E-state index is 0.262. The number of nitrogens with one attached hydrogen (secondary N) is 1. The molecule has 3 aromatic heterocycles. The number of nitriles is 1. The van der Waals surface area contributed by atoms with E-state index in [2.05, 4.69) is 26.3 Å². The van der Waals surface area contributed by atoms with Crippen LogP contribution in [0.2, 0.25) is 0 Å². The molecule has 0 saturated heterocycles. The topological polar surface area (TPSA) is 96.5 Å². The fraction of sp³-hybridized carbons (Fsp3) is 0.0952. The van der Waals surface area contributed by atoms with Gasteiger partial charge in [-0.25, -0.2) is 9.97 Å². The molecule has 0 aliphatic heterocycles. The number of aromatic nitrogens is 4. The van der Waals surface area contributed by atoms with Crippen molar-refractivity contribution in [2.45, 2.75) is 13.0 Å². The molecule has 3 heterocycles. The Morgan fingerprint density at radius 2 is 1.96 bits per heavy atom. The van der Waals surface area contributed by atoms with Crippen LogP contribution in [-0.4, -0.2) is 25.4 Å². The van der Waals surface area contributed by atoms with Crippen LogP contribution in [0, 0.1) is 11.3 Å². The van der Waals surface area contributed by atoms with E-state index >= 15 is 0 Å². The molecule has 0 aliphatic carbocycles. The highest BCUT2D eigenvalue weighted by atomic mass is 16.1. The van der Waals surface area contributed by atoms with Crippen molar-refractivity contribution in [3.63, 3.8) is 0 Å². The molecule has 1 amide bonds. The highest BCUT2D eigenvalue weighted by Crippen LogP contribution is 2.16. The molecular weight excluding hydrogens is 352 g/mol. The number of carbonyl (C=O) groups excluding carboxylic acids is 1. The predicted octanol–water partition coefficient (Wildman–Crippen LogP) is 3.19. The minimum atomic E-state index is -0.262. The van der Waals surface area contributed by atoms with E-state index in [1.54, 1.807) is 30.7 Å². The molecule has 136 valence electrons. The van der Waals surface area contributed by atoms with Gasteiger partial charge >= 0.3 is 0 Å². The van der Waals surface area contributed by atoms with Gasteiger partial charge in [-0.15, -0.1) is 0 Å². The lowest BCUT2D eigenvalue weighted by molar-refractivity contribution is 0.102. The van der Waals surface area contributed by atoms with Crippen LogP contribution in [0.15, 0.2) is 67.3 Å². The van der Waals surface area contributed by atoms with Gasteiger partial charge in [-0.1, -0.05) is 18.2 Å². The molecule has 0 spiro atoms. The van der Waals surface area contributed by atoms with E-state index in [9.17, 15) is 4.79 Å². The summed E-state index contributed by atoms with van der Waals surface area (Å²) in [7, 11) is 0. The molecular formula is C21H16N6O. The molecule has 0 bridgehead atoms. The van der Waals surface area contributed by atoms with Gasteiger partial charge in [0.25, 0.3) is 5.91 Å². The number of carbonyl (C=O) groups is 1. The molecule has 4 rings (SSSR count). The number of fused-ring (bicyclic) bond motifs is 1. The van der Waals surface area contributed by atoms with Crippen LogP contribution in [0.25, 0.3) is 11.2 Å². The average molecular weight is 368 g/mol. The van der Waals surface area contributed by atoms with Gasteiger partial charge in [0.1, 0.15) is 5.52 Å². The second-order valence-electron chi connectivity index (χ2n) is 6.25. The summed E-state index contributed by atoms with van der Waals surface area (Å²) in [6.07, 6.45) is 5.33. The Morgan fingerprint density at radius 3 is 2.71 bits per heavy atom. The second-order valence-corrected chi connectivity index (χ2v) is 6.25. The van der Waals surface area contributed by atoms with Gasteiger partial charge in [0.05, 0.1) is 36.6 Å². The fourth-order valence-electron chi connectivity index (χ4n) is 2.86. The third kappa shape index (κ3) is 3.71. The van der Waals surface area contributed by atoms with E-state index < -0.39 is 0 Å². The van der Waals surface area contributed by atoms with E-state index in [0.717, 1.165) is 11.3 Å². The molecule has 0 fully saturated rings. The first-order valence-corrected chi connectivity index (χ1v) is 8.71. The quantitative estimate of drug-likeness (QED) is 0.583. The molecule has 0 saturated carbocycles. The van der Waals surface area contributed by atoms with E-state index in [-0.39, 0.29) is 5.91 Å². The number of hydrogen-bond acceptors (Lipinski definition) is 5. The minimum Gasteiger partial charge on any atom is -0.322 e. The molecule has 0 radical (unpaired) electrons. The Kier molecular flexibility index (Phi) is 4.76. The van der Waals surface area contributed by atoms with Gasteiger partial charge in [0.15, 0.2) is 5.65 Å². The number of nitrogens with zero attached hydrogens (tertiary/aromatic N) is 5. The lowest BCUT2D eigenvalue weighted by Gasteiger charge is -2.06. The summed E-state index contributed by atoms with van der Waals surface area (Å²) in [5.41, 5.74) is 4.24. The van der Waals surface area contributed by atoms with Gasteiger partial charge < -0.3 is 9.88 Å². The molecule has 0 aliphatic rings. The Morgan fingerprint density at radius 1 is 1.11 bits per heavy atom. The molecule has 0 atom stereocenters. The first-order chi connectivity index (χ1) is 13.7. The van der Waals surface area contributed by atoms with E-state index in [1.807, 2.05) is 34.9 Å². The number of amides is 1. The maximum atomic E-state index is 12.5. The monoisotopic (exact) mass is 368 g/mol. The summed E-state index contributed by atoms with van der Waals surface area (Å²) in [4.78, 5) is 25.6. The molecule has 1 aromatic carbocycles. The summed E-state index contributed by atoms with van der Waals surface area (Å²) in [6, 6.07) is 16.7. The Balaban J connectivity index is 1.51. The molecule has 7 heteroatoms. The molecule has 28 heavy (non-hydrogen) atoms. The number of anilines is 1. The average Bonchev–Trinajstić information content (AvgIpc) is 3.12. The summed E-state index contributed by atoms with van der Waals surface area (Å²) in [5.74, 6) is -0.262. The molecule has 1 N–H and O–H groups in total. The molecule has 7 nitrogen and oxygen atoms in total. The van der Waals surface area contributed by atoms with Crippen molar-refractivity contribution in [3.05, 3.63) is 84.1 Å². The van der Waals surface area contributed by atoms with E-state index in [1.165, 1.54) is 6.20 Å². The van der Waals surface area contributed by atoms with Gasteiger partial charge in [0, 0.05) is 18.1 Å². The zero-order valence-electron chi connectivity index (χ0n) is 14.9. The van der Waals surface area contributed by atoms with Crippen LogP contribution in [0.3, 0.4) is 0 Å². The summed E-state index contributed by atoms with van der Waals surface area (Å²) < 4.78 is 1.90. The zero-order valence-corrected chi connectivity index (χ0v) is 14.9. The van der Waals surface area contributed by atoms with Crippen molar-refractivity contribution in [1.82, 2.24) is 19.5 Å². The van der Waals surface area contributed by atoms with Crippen LogP contribution < -0.4 is 5.32 Å². The van der Waals surface area contributed by atoms with Gasteiger partial charge in [0.2, 0.25) is 0 Å². The summed E-state index contributed by atoms with van der Waals surface area (Å²) >= 11 is 0. The van der Waals surface area contributed by atoms with Gasteiger partial charge in [-0.05, 0) is 35.9 Å². The Labute approximate surface area is 161 Å². The van der Waals surface area contributed by atoms with Gasteiger partial charge in [-0.2, -0.15) is 5.26 Å². The van der Waals surface area contributed by atoms with Crippen molar-refractivity contribution in [2.75, 3.05) is 5.32 Å². The number of imidazole rings is 1. The third-order valence-electron chi connectivity index (χ3n) is 4.27. The van der Waals surface area contributed by atoms with Crippen molar-refractivity contribution in [3.8, 4) is 6.07 Å². The zero-order chi connectivity index (χ0) is 19.3. The normalized spacial score (nSPS) is 10.5. The van der Waals surface area contributed by atoms with Crippen molar-refractivity contribution < 1.29 is 4.79 Å². The first kappa shape index (κ1) is 17.4. The van der Waals surface area contributed by atoms with Crippen molar-refractivity contribution in [2.24, 2.45) is 0 Å². The first-order valence-electron chi connectivity index (χ1n) is 8.71. The summed E-state index contributed by atoms with van der Waals surface area (Å²) in [6.45, 7) is 0.560. The number of hydrogen-bond donors (Lipinski definition) is 1. The Bertz CT molecular complexity index is 1160. The van der Waals surface area contributed by atoms with Crippen LogP contribution in [-0.2, 0) is 13.0 Å². The Hall–Kier alpha value is -4.05. The number of rotatable bonds is 5. The lowest BCUT2D eigenvalue weighted by atomic mass is 10.1. The largest absolute Gasteiger partial charge is 0.322 e. The standard InChI is InChI=1S/C21H16N6O/c22-9-8-15-4-6-17(7-5-15)26-21(28)16-11-19-20(24-12-16)27(14-25-19)13-18-3-1-2-10-23-18/h1-7,10-12,14H,8,13H2,(H,26,28). The maximum absolute atomic E-state index is 12.5. The van der Waals surface area contributed by atoms with Crippen molar-refractivity contribution in [1.29, 1.82) is 5.26 Å². The van der Waals surface area contributed by atoms with E-state index in [4.69, 9.17) is 5.26 Å². The van der Waals surface area contributed by atoms with E-state index in [0.29, 0.717) is 35.4 Å². The number of pyridine rings is 2. The second kappa shape index (κ2) is 7.68. The lowest BCUT2D eigenvalue weighted by Crippen LogP contribution is -2.12. The number of benzene rings is 1. The SMILES string of the molecule is N#CCc1ccc(NC(=O)c2cnc3c(c2)ncn3Cc2ccccn2)cc1. The highest BCUT2D eigenvalue weighted by molar-refractivity contribution is 6.05. The smallest absolute Gasteiger partial charge is 0.257 e. The van der Waals surface area contributed by atoms with Crippen molar-refractivity contribution >= 4 is 22.8 Å². The molecule has 0 unspecified atom stereocenters.